The van der Waals surface area contributed by atoms with Gasteiger partial charge in [-0.2, -0.15) is 5.26 Å². The van der Waals surface area contributed by atoms with E-state index < -0.39 is 0 Å². The highest BCUT2D eigenvalue weighted by atomic mass is 35.5. The van der Waals surface area contributed by atoms with Gasteiger partial charge in [-0.1, -0.05) is 11.6 Å². The lowest BCUT2D eigenvalue weighted by atomic mass is 10.2. The second kappa shape index (κ2) is 7.30. The van der Waals surface area contributed by atoms with E-state index in [0.717, 1.165) is 4.90 Å². The predicted molar refractivity (Wildman–Crippen MR) is 86.5 cm³/mol. The zero-order valence-corrected chi connectivity index (χ0v) is 13.2. The third-order valence-electron chi connectivity index (χ3n) is 2.85. The molecule has 2 aromatic rings. The zero-order chi connectivity index (χ0) is 16.1. The van der Waals surface area contributed by atoms with Crippen LogP contribution in [0, 0.1) is 17.1 Å². The minimum absolute atomic E-state index is 0.199. The molecule has 0 aliphatic heterocycles. The summed E-state index contributed by atoms with van der Waals surface area (Å²) in [7, 11) is 0. The van der Waals surface area contributed by atoms with Gasteiger partial charge in [0.15, 0.2) is 0 Å². The number of nitrogens with one attached hydrogen (secondary N) is 1. The first kappa shape index (κ1) is 16.3. The fourth-order valence-electron chi connectivity index (χ4n) is 1.70. The highest BCUT2D eigenvalue weighted by Gasteiger charge is 2.15. The monoisotopic (exact) mass is 334 g/mol. The van der Waals surface area contributed by atoms with Crippen molar-refractivity contribution < 1.29 is 9.18 Å². The van der Waals surface area contributed by atoms with Crippen LogP contribution >= 0.6 is 23.4 Å². The summed E-state index contributed by atoms with van der Waals surface area (Å²) in [5, 5.41) is 11.5. The van der Waals surface area contributed by atoms with Gasteiger partial charge in [0, 0.05) is 10.6 Å². The number of hydrogen-bond acceptors (Lipinski definition) is 3. The largest absolute Gasteiger partial charge is 0.325 e. The summed E-state index contributed by atoms with van der Waals surface area (Å²) in [6.45, 7) is 1.76. The topological polar surface area (TPSA) is 52.9 Å². The first-order valence-electron chi connectivity index (χ1n) is 6.42. The molecule has 0 saturated carbocycles. The Labute approximate surface area is 137 Å². The van der Waals surface area contributed by atoms with E-state index in [1.165, 1.54) is 30.0 Å². The average molecular weight is 335 g/mol. The molecule has 1 amide bonds. The molecule has 6 heteroatoms. The summed E-state index contributed by atoms with van der Waals surface area (Å²) in [5.41, 5.74) is 0.883. The number of thioether (sulfide) groups is 1. The molecule has 0 fully saturated rings. The Morgan fingerprint density at radius 3 is 2.59 bits per heavy atom. The number of nitriles is 1. The highest BCUT2D eigenvalue weighted by Crippen LogP contribution is 2.25. The van der Waals surface area contributed by atoms with Crippen LogP contribution in [-0.2, 0) is 4.79 Å². The lowest BCUT2D eigenvalue weighted by Crippen LogP contribution is -2.22. The number of anilines is 1. The Balaban J connectivity index is 2.00. The maximum Gasteiger partial charge on any atom is 0.237 e. The van der Waals surface area contributed by atoms with Crippen LogP contribution in [-0.4, -0.2) is 11.2 Å². The fourth-order valence-corrected chi connectivity index (χ4v) is 2.79. The Morgan fingerprint density at radius 1 is 1.32 bits per heavy atom. The molecule has 112 valence electrons. The van der Waals surface area contributed by atoms with Crippen molar-refractivity contribution in [3.8, 4) is 6.07 Å². The van der Waals surface area contributed by atoms with Crippen molar-refractivity contribution in [1.82, 2.24) is 0 Å². The summed E-state index contributed by atoms with van der Waals surface area (Å²) < 4.78 is 12.8. The number of hydrogen-bond donors (Lipinski definition) is 1. The number of carbonyl (C=O) groups is 1. The summed E-state index contributed by atoms with van der Waals surface area (Å²) >= 11 is 7.25. The molecule has 0 unspecified atom stereocenters. The molecule has 0 heterocycles. The van der Waals surface area contributed by atoms with Crippen LogP contribution in [0.25, 0.3) is 0 Å². The SMILES string of the molecule is C[C@@H](Sc1ccc(F)cc1)C(=O)Nc1ccc(C#N)c(Cl)c1. The number of nitrogens with zero attached hydrogens (tertiary/aromatic N) is 1. The van der Waals surface area contributed by atoms with Gasteiger partial charge in [0.1, 0.15) is 11.9 Å². The third kappa shape index (κ3) is 4.23. The van der Waals surface area contributed by atoms with Crippen molar-refractivity contribution >= 4 is 35.0 Å². The zero-order valence-electron chi connectivity index (χ0n) is 11.6. The van der Waals surface area contributed by atoms with E-state index in [9.17, 15) is 9.18 Å². The van der Waals surface area contributed by atoms with E-state index in [1.807, 2.05) is 6.07 Å². The van der Waals surface area contributed by atoms with Crippen molar-refractivity contribution in [3.63, 3.8) is 0 Å². The second-order valence-corrected chi connectivity index (χ2v) is 6.33. The van der Waals surface area contributed by atoms with Crippen LogP contribution in [0.5, 0.6) is 0 Å². The number of halogens is 2. The van der Waals surface area contributed by atoms with Crippen LogP contribution in [0.3, 0.4) is 0 Å². The van der Waals surface area contributed by atoms with Gasteiger partial charge in [0.05, 0.1) is 15.8 Å². The van der Waals surface area contributed by atoms with E-state index in [4.69, 9.17) is 16.9 Å². The number of benzene rings is 2. The number of carbonyl (C=O) groups excluding carboxylic acids is 1. The van der Waals surface area contributed by atoms with Crippen LogP contribution in [0.15, 0.2) is 47.4 Å². The molecule has 0 aliphatic rings. The molecule has 1 N–H and O–H groups in total. The summed E-state index contributed by atoms with van der Waals surface area (Å²) in [6, 6.07) is 12.6. The Hall–Kier alpha value is -2.03. The van der Waals surface area contributed by atoms with Crippen molar-refractivity contribution in [2.24, 2.45) is 0 Å². The molecular weight excluding hydrogens is 323 g/mol. The van der Waals surface area contributed by atoms with Gasteiger partial charge >= 0.3 is 0 Å². The maximum atomic E-state index is 12.8. The van der Waals surface area contributed by atoms with Crippen molar-refractivity contribution in [3.05, 3.63) is 58.9 Å². The summed E-state index contributed by atoms with van der Waals surface area (Å²) in [6.07, 6.45) is 0. The Bertz CT molecular complexity index is 728. The summed E-state index contributed by atoms with van der Waals surface area (Å²) in [5.74, 6) is -0.510. The van der Waals surface area contributed by atoms with Crippen molar-refractivity contribution in [2.75, 3.05) is 5.32 Å². The van der Waals surface area contributed by atoms with E-state index in [0.29, 0.717) is 16.3 Å². The molecule has 0 spiro atoms. The van der Waals surface area contributed by atoms with Crippen LogP contribution < -0.4 is 5.32 Å². The number of amides is 1. The van der Waals surface area contributed by atoms with Crippen molar-refractivity contribution in [2.45, 2.75) is 17.1 Å². The minimum Gasteiger partial charge on any atom is -0.325 e. The van der Waals surface area contributed by atoms with Crippen LogP contribution in [0.2, 0.25) is 5.02 Å². The van der Waals surface area contributed by atoms with Gasteiger partial charge < -0.3 is 5.32 Å². The molecule has 0 saturated heterocycles. The van der Waals surface area contributed by atoms with Gasteiger partial charge in [-0.05, 0) is 49.4 Å². The minimum atomic E-state index is -0.361. The average Bonchev–Trinajstić information content (AvgIpc) is 2.49. The smallest absolute Gasteiger partial charge is 0.237 e. The molecule has 0 bridgehead atoms. The van der Waals surface area contributed by atoms with E-state index in [-0.39, 0.29) is 17.0 Å². The molecule has 0 aromatic heterocycles. The molecule has 3 nitrogen and oxygen atoms in total. The number of rotatable bonds is 4. The molecular formula is C16H12ClFN2OS. The van der Waals surface area contributed by atoms with Gasteiger partial charge in [-0.3, -0.25) is 4.79 Å². The predicted octanol–water partition coefficient (Wildman–Crippen LogP) is 4.47. The van der Waals surface area contributed by atoms with E-state index in [2.05, 4.69) is 5.32 Å². The Morgan fingerprint density at radius 2 is 2.00 bits per heavy atom. The lowest BCUT2D eigenvalue weighted by molar-refractivity contribution is -0.115. The normalized spacial score (nSPS) is 11.5. The van der Waals surface area contributed by atoms with Crippen LogP contribution in [0.1, 0.15) is 12.5 Å². The van der Waals surface area contributed by atoms with Gasteiger partial charge in [0.2, 0.25) is 5.91 Å². The molecule has 2 rings (SSSR count). The Kier molecular flexibility index (Phi) is 5.42. The van der Waals surface area contributed by atoms with Crippen LogP contribution in [0.4, 0.5) is 10.1 Å². The highest BCUT2D eigenvalue weighted by molar-refractivity contribution is 8.00. The summed E-state index contributed by atoms with van der Waals surface area (Å²) in [4.78, 5) is 12.9. The molecule has 0 aliphatic carbocycles. The molecule has 0 radical (unpaired) electrons. The third-order valence-corrected chi connectivity index (χ3v) is 4.28. The first-order valence-corrected chi connectivity index (χ1v) is 7.68. The maximum absolute atomic E-state index is 12.8. The quantitative estimate of drug-likeness (QED) is 0.839. The first-order chi connectivity index (χ1) is 10.5. The van der Waals surface area contributed by atoms with Gasteiger partial charge in [-0.15, -0.1) is 11.8 Å². The fraction of sp³-hybridized carbons (Fsp3) is 0.125. The molecule has 2 aromatic carbocycles. The van der Waals surface area contributed by atoms with E-state index in [1.54, 1.807) is 31.2 Å². The standard InChI is InChI=1S/C16H12ClFN2OS/c1-10(22-14-6-3-12(18)4-7-14)16(21)20-13-5-2-11(9-19)15(17)8-13/h2-8,10H,1H3,(H,20,21)/t10-/m1/s1. The van der Waals surface area contributed by atoms with E-state index >= 15 is 0 Å². The van der Waals surface area contributed by atoms with Gasteiger partial charge in [0.25, 0.3) is 0 Å². The van der Waals surface area contributed by atoms with Gasteiger partial charge in [-0.25, -0.2) is 4.39 Å². The molecule has 22 heavy (non-hydrogen) atoms. The molecule has 1 atom stereocenters. The van der Waals surface area contributed by atoms with Crippen molar-refractivity contribution in [1.29, 1.82) is 5.26 Å². The second-order valence-electron chi connectivity index (χ2n) is 4.51. The lowest BCUT2D eigenvalue weighted by Gasteiger charge is -2.12.